The van der Waals surface area contributed by atoms with E-state index in [1.54, 1.807) is 6.20 Å². The SMILES string of the molecule is C1=C[N]C(=NCCc2ccccc2)C=C1. The summed E-state index contributed by atoms with van der Waals surface area (Å²) in [5.41, 5.74) is 1.32. The van der Waals surface area contributed by atoms with Crippen LogP contribution in [0.2, 0.25) is 0 Å². The molecule has 2 rings (SSSR count). The molecule has 75 valence electrons. The number of allylic oxidation sites excluding steroid dienone is 2. The van der Waals surface area contributed by atoms with Crippen LogP contribution in [0.15, 0.2) is 59.8 Å². The van der Waals surface area contributed by atoms with E-state index >= 15 is 0 Å². The summed E-state index contributed by atoms with van der Waals surface area (Å²) in [6, 6.07) is 10.4. The van der Waals surface area contributed by atoms with E-state index < -0.39 is 0 Å². The van der Waals surface area contributed by atoms with Crippen molar-refractivity contribution in [1.29, 1.82) is 0 Å². The maximum atomic E-state index is 4.39. The summed E-state index contributed by atoms with van der Waals surface area (Å²) >= 11 is 0. The van der Waals surface area contributed by atoms with Crippen LogP contribution in [0.3, 0.4) is 0 Å². The maximum Gasteiger partial charge on any atom is 0.147 e. The van der Waals surface area contributed by atoms with Gasteiger partial charge >= 0.3 is 0 Å². The Labute approximate surface area is 90.0 Å². The molecule has 0 aliphatic carbocycles. The van der Waals surface area contributed by atoms with Crippen LogP contribution in [0.1, 0.15) is 5.56 Å². The van der Waals surface area contributed by atoms with Gasteiger partial charge in [0.05, 0.1) is 0 Å². The first-order valence-corrected chi connectivity index (χ1v) is 5.07. The lowest BCUT2D eigenvalue weighted by Gasteiger charge is -2.01. The predicted molar refractivity (Wildman–Crippen MR) is 62.9 cm³/mol. The van der Waals surface area contributed by atoms with Gasteiger partial charge in [-0.25, -0.2) is 5.32 Å². The van der Waals surface area contributed by atoms with Gasteiger partial charge in [-0.05, 0) is 24.1 Å². The zero-order valence-electron chi connectivity index (χ0n) is 8.50. The summed E-state index contributed by atoms with van der Waals surface area (Å²) < 4.78 is 0. The van der Waals surface area contributed by atoms with E-state index in [-0.39, 0.29) is 0 Å². The number of aliphatic imine (C=N–C) groups is 1. The van der Waals surface area contributed by atoms with Gasteiger partial charge < -0.3 is 0 Å². The lowest BCUT2D eigenvalue weighted by atomic mass is 10.1. The number of amidine groups is 1. The number of hydrogen-bond donors (Lipinski definition) is 0. The molecular weight excluding hydrogens is 184 g/mol. The van der Waals surface area contributed by atoms with Crippen molar-refractivity contribution in [2.45, 2.75) is 6.42 Å². The Morgan fingerprint density at radius 3 is 2.67 bits per heavy atom. The third-order valence-electron chi connectivity index (χ3n) is 2.17. The molecule has 1 heterocycles. The van der Waals surface area contributed by atoms with Gasteiger partial charge in [0.25, 0.3) is 0 Å². The largest absolute Gasteiger partial charge is 0.266 e. The van der Waals surface area contributed by atoms with Crippen molar-refractivity contribution in [3.8, 4) is 0 Å². The summed E-state index contributed by atoms with van der Waals surface area (Å²) in [7, 11) is 0. The van der Waals surface area contributed by atoms with Crippen LogP contribution in [0.25, 0.3) is 0 Å². The molecule has 1 aromatic rings. The Balaban J connectivity index is 1.84. The second-order valence-electron chi connectivity index (χ2n) is 3.31. The monoisotopic (exact) mass is 197 g/mol. The van der Waals surface area contributed by atoms with Crippen molar-refractivity contribution in [2.75, 3.05) is 6.54 Å². The summed E-state index contributed by atoms with van der Waals surface area (Å²) in [5, 5.41) is 4.14. The van der Waals surface area contributed by atoms with Gasteiger partial charge in [-0.15, -0.1) is 0 Å². The van der Waals surface area contributed by atoms with Crippen molar-refractivity contribution < 1.29 is 0 Å². The average molecular weight is 197 g/mol. The minimum absolute atomic E-state index is 0.793. The molecule has 1 aromatic carbocycles. The van der Waals surface area contributed by atoms with Crippen LogP contribution in [-0.2, 0) is 6.42 Å². The van der Waals surface area contributed by atoms with E-state index in [1.807, 2.05) is 24.3 Å². The van der Waals surface area contributed by atoms with E-state index in [9.17, 15) is 0 Å². The first kappa shape index (κ1) is 9.71. The average Bonchev–Trinajstić information content (AvgIpc) is 2.32. The van der Waals surface area contributed by atoms with Crippen LogP contribution in [0, 0.1) is 0 Å². The van der Waals surface area contributed by atoms with Crippen molar-refractivity contribution in [3.05, 3.63) is 60.3 Å². The Bertz CT molecular complexity index is 388. The van der Waals surface area contributed by atoms with Crippen molar-refractivity contribution in [1.82, 2.24) is 5.32 Å². The van der Waals surface area contributed by atoms with Crippen molar-refractivity contribution in [3.63, 3.8) is 0 Å². The zero-order chi connectivity index (χ0) is 10.3. The molecule has 0 aromatic heterocycles. The third kappa shape index (κ3) is 3.09. The van der Waals surface area contributed by atoms with Crippen LogP contribution in [-0.4, -0.2) is 12.4 Å². The molecule has 0 unspecified atom stereocenters. The van der Waals surface area contributed by atoms with Crippen LogP contribution in [0.5, 0.6) is 0 Å². The molecule has 1 aliphatic rings. The molecule has 15 heavy (non-hydrogen) atoms. The summed E-state index contributed by atoms with van der Waals surface area (Å²) in [6.45, 7) is 0.793. The molecule has 1 aliphatic heterocycles. The van der Waals surface area contributed by atoms with Gasteiger partial charge in [0, 0.05) is 12.7 Å². The first-order chi connectivity index (χ1) is 7.45. The molecule has 0 atom stereocenters. The second-order valence-corrected chi connectivity index (χ2v) is 3.31. The number of rotatable bonds is 3. The molecule has 2 heteroatoms. The highest BCUT2D eigenvalue weighted by atomic mass is 15.0. The van der Waals surface area contributed by atoms with Gasteiger partial charge in [0.1, 0.15) is 5.84 Å². The van der Waals surface area contributed by atoms with Crippen molar-refractivity contribution in [2.24, 2.45) is 4.99 Å². The Kier molecular flexibility index (Phi) is 3.34. The molecule has 1 radical (unpaired) electrons. The molecule has 0 bridgehead atoms. The lowest BCUT2D eigenvalue weighted by molar-refractivity contribution is 0.957. The fourth-order valence-electron chi connectivity index (χ4n) is 1.39. The summed E-state index contributed by atoms with van der Waals surface area (Å²) in [4.78, 5) is 4.39. The summed E-state index contributed by atoms with van der Waals surface area (Å²) in [6.07, 6.45) is 8.51. The molecule has 0 spiro atoms. The standard InChI is InChI=1S/C13H13N2/c1-2-6-12(7-3-1)9-11-15-13-8-4-5-10-14-13/h1-8,10H,9,11H2. The third-order valence-corrected chi connectivity index (χ3v) is 2.17. The van der Waals surface area contributed by atoms with E-state index in [0.29, 0.717) is 0 Å². The highest BCUT2D eigenvalue weighted by Gasteiger charge is 1.95. The van der Waals surface area contributed by atoms with Crippen LogP contribution >= 0.6 is 0 Å². The number of nitrogens with zero attached hydrogens (tertiary/aromatic N) is 2. The maximum absolute atomic E-state index is 4.39. The van der Waals surface area contributed by atoms with Gasteiger partial charge in [-0.2, -0.15) is 0 Å². The fraction of sp³-hybridized carbons (Fsp3) is 0.154. The minimum atomic E-state index is 0.793. The van der Waals surface area contributed by atoms with E-state index in [0.717, 1.165) is 18.8 Å². The topological polar surface area (TPSA) is 26.5 Å². The molecule has 0 fully saturated rings. The molecule has 0 saturated carbocycles. The lowest BCUT2D eigenvalue weighted by Crippen LogP contribution is -2.10. The first-order valence-electron chi connectivity index (χ1n) is 5.07. The van der Waals surface area contributed by atoms with E-state index in [4.69, 9.17) is 0 Å². The van der Waals surface area contributed by atoms with Gasteiger partial charge in [0.2, 0.25) is 0 Å². The predicted octanol–water partition coefficient (Wildman–Crippen LogP) is 2.32. The molecule has 0 saturated heterocycles. The highest BCUT2D eigenvalue weighted by Crippen LogP contribution is 2.00. The van der Waals surface area contributed by atoms with Crippen molar-refractivity contribution >= 4 is 5.84 Å². The fourth-order valence-corrected chi connectivity index (χ4v) is 1.39. The number of hydrogen-bond acceptors (Lipinski definition) is 1. The second kappa shape index (κ2) is 5.15. The molecule has 0 N–H and O–H groups in total. The zero-order valence-corrected chi connectivity index (χ0v) is 8.50. The molecule has 0 amide bonds. The smallest absolute Gasteiger partial charge is 0.147 e. The highest BCUT2D eigenvalue weighted by molar-refractivity contribution is 5.94. The molecule has 2 nitrogen and oxygen atoms in total. The quantitative estimate of drug-likeness (QED) is 0.711. The minimum Gasteiger partial charge on any atom is -0.266 e. The Morgan fingerprint density at radius 1 is 1.07 bits per heavy atom. The Morgan fingerprint density at radius 2 is 1.93 bits per heavy atom. The normalized spacial score (nSPS) is 16.7. The molecular formula is C13H13N2. The van der Waals surface area contributed by atoms with E-state index in [1.165, 1.54) is 5.56 Å². The summed E-state index contributed by atoms with van der Waals surface area (Å²) in [5.74, 6) is 0.813. The van der Waals surface area contributed by atoms with E-state index in [2.05, 4.69) is 34.6 Å². The van der Waals surface area contributed by atoms with Crippen LogP contribution in [0.4, 0.5) is 0 Å². The van der Waals surface area contributed by atoms with Crippen LogP contribution < -0.4 is 5.32 Å². The van der Waals surface area contributed by atoms with Gasteiger partial charge in [-0.3, -0.25) is 4.99 Å². The number of benzene rings is 1. The van der Waals surface area contributed by atoms with Gasteiger partial charge in [-0.1, -0.05) is 36.4 Å². The Hall–Kier alpha value is -1.83. The van der Waals surface area contributed by atoms with Gasteiger partial charge in [0.15, 0.2) is 0 Å².